The van der Waals surface area contributed by atoms with E-state index in [4.69, 9.17) is 9.05 Å². The molecule has 8 aromatic heterocycles. The van der Waals surface area contributed by atoms with Crippen LogP contribution in [-0.4, -0.2) is 87.7 Å². The summed E-state index contributed by atoms with van der Waals surface area (Å²) in [7, 11) is 0. The minimum Gasteiger partial charge on any atom is -0.363 e. The molecule has 0 aliphatic carbocycles. The largest absolute Gasteiger partial charge is 0.363 e. The van der Waals surface area contributed by atoms with Crippen molar-refractivity contribution < 1.29 is 28.2 Å². The summed E-state index contributed by atoms with van der Waals surface area (Å²) in [5.74, 6) is 0.331. The van der Waals surface area contributed by atoms with Crippen molar-refractivity contribution in [3.63, 3.8) is 0 Å². The van der Waals surface area contributed by atoms with Gasteiger partial charge in [0, 0.05) is 82.0 Å². The number of para-hydroxylation sites is 1. The van der Waals surface area contributed by atoms with Crippen molar-refractivity contribution in [1.82, 2.24) is 64.6 Å². The van der Waals surface area contributed by atoms with Gasteiger partial charge in [-0.3, -0.25) is 48.4 Å². The Labute approximate surface area is 619 Å². The van der Waals surface area contributed by atoms with Crippen molar-refractivity contribution in [2.45, 2.75) is 88.5 Å². The Kier molecular flexibility index (Phi) is 23.5. The Bertz CT molecular complexity index is 5860. The van der Waals surface area contributed by atoms with Gasteiger partial charge >= 0.3 is 0 Å². The summed E-state index contributed by atoms with van der Waals surface area (Å²) < 4.78 is 16.0. The van der Waals surface area contributed by atoms with Gasteiger partial charge in [0.25, 0.3) is 22.2 Å². The highest BCUT2D eigenvalue weighted by molar-refractivity contribution is 9.10. The molecule has 28 heteroatoms. The second kappa shape index (κ2) is 33.7. The summed E-state index contributed by atoms with van der Waals surface area (Å²) in [6.45, 7) is 16.3. The van der Waals surface area contributed by atoms with Gasteiger partial charge in [0.15, 0.2) is 34.8 Å². The highest BCUT2D eigenvalue weighted by Gasteiger charge is 2.28. The fourth-order valence-corrected chi connectivity index (χ4v) is 12.2. The minimum atomic E-state index is -0.384. The predicted molar refractivity (Wildman–Crippen MR) is 415 cm³/mol. The summed E-state index contributed by atoms with van der Waals surface area (Å²) in [6.07, 6.45) is 4.78. The number of nitrogens with zero attached hydrogens (tertiary/aromatic N) is 12. The molecule has 540 valence electrons. The lowest BCUT2D eigenvalue weighted by molar-refractivity contribution is 0.101. The highest BCUT2D eigenvalue weighted by atomic mass is 79.9. The maximum absolute atomic E-state index is 13.2. The van der Waals surface area contributed by atoms with Crippen LogP contribution in [0.3, 0.4) is 0 Å². The summed E-state index contributed by atoms with van der Waals surface area (Å²) in [4.78, 5) is 106. The van der Waals surface area contributed by atoms with Crippen molar-refractivity contribution >= 4 is 107 Å². The van der Waals surface area contributed by atoms with Crippen LogP contribution >= 0.6 is 15.9 Å². The third kappa shape index (κ3) is 16.6. The van der Waals surface area contributed by atoms with E-state index in [-0.39, 0.29) is 90.4 Å². The van der Waals surface area contributed by atoms with Crippen molar-refractivity contribution in [2.75, 3.05) is 21.3 Å². The van der Waals surface area contributed by atoms with Crippen LogP contribution < -0.4 is 43.5 Å². The van der Waals surface area contributed by atoms with Gasteiger partial charge in [-0.25, -0.2) is 18.7 Å². The number of benzene rings is 6. The lowest BCUT2D eigenvalue weighted by atomic mass is 10.0. The molecule has 0 bridgehead atoms. The second-order valence-electron chi connectivity index (χ2n) is 23.9. The van der Waals surface area contributed by atoms with Crippen LogP contribution in [0.15, 0.2) is 227 Å². The van der Waals surface area contributed by atoms with Crippen molar-refractivity contribution in [1.29, 1.82) is 0 Å². The van der Waals surface area contributed by atoms with Gasteiger partial charge in [-0.1, -0.05) is 166 Å². The fraction of sp³-hybridized carbons (Fsp3) is 0.165. The normalized spacial score (nSPS) is 10.8. The number of H-pyrrole nitrogens is 1. The average molecular weight is 1500 g/mol. The molecule has 0 atom stereocenters. The molecule has 0 amide bonds. The third-order valence-corrected chi connectivity index (χ3v) is 17.1. The summed E-state index contributed by atoms with van der Waals surface area (Å²) in [5.41, 5.74) is 7.94. The third-order valence-electron chi connectivity index (χ3n) is 16.7. The maximum Gasteiger partial charge on any atom is 0.291 e. The summed E-state index contributed by atoms with van der Waals surface area (Å²) in [5, 5.41) is 46.3. The van der Waals surface area contributed by atoms with E-state index in [9.17, 15) is 38.4 Å². The van der Waals surface area contributed by atoms with Crippen LogP contribution in [-0.2, 0) is 26.2 Å². The van der Waals surface area contributed by atoms with Crippen molar-refractivity contribution in [2.24, 2.45) is 0 Å². The number of aromatic nitrogens is 13. The van der Waals surface area contributed by atoms with Crippen LogP contribution in [0.2, 0.25) is 0 Å². The van der Waals surface area contributed by atoms with Crippen molar-refractivity contribution in [3.05, 3.63) is 268 Å². The Balaban J connectivity index is 0.000000143. The molecule has 0 fully saturated rings. The molecule has 0 radical (unpaired) electrons. The second-order valence-corrected chi connectivity index (χ2v) is 24.9. The SMILES string of the molecule is CCn1nc(-c2ccccc2)c(C(C)=O)c(Nc2cc(Br)cc3cccnc23)c1=O.CCn1nc(-c2ccccc2)c(C(C)=O)c(Nc2cc(C)on2)c1=O.CCn1nc(-c2ccccc2)c(C(C)=O)c(Nc2cccc3cn[nH]c23)c1=O.CCn1nc(-c2ccccc2)c(C(C)=O)c(Nc2ccon2)c1=O. The molecule has 0 spiro atoms. The number of rotatable bonds is 20. The maximum atomic E-state index is 13.2. The van der Waals surface area contributed by atoms with Gasteiger partial charge in [0.05, 0.1) is 50.9 Å². The molecule has 0 unspecified atom stereocenters. The molecule has 8 heterocycles. The zero-order valence-electron chi connectivity index (χ0n) is 59.6. The minimum absolute atomic E-state index is 0.145. The molecule has 6 aromatic carbocycles. The number of fused-ring (bicyclic) bond motifs is 2. The zero-order chi connectivity index (χ0) is 76.0. The summed E-state index contributed by atoms with van der Waals surface area (Å²) >= 11 is 3.51. The van der Waals surface area contributed by atoms with Crippen LogP contribution in [0.4, 0.5) is 45.8 Å². The van der Waals surface area contributed by atoms with Crippen LogP contribution in [0.1, 0.15) is 103 Å². The quantitative estimate of drug-likeness (QED) is 0.0442. The smallest absolute Gasteiger partial charge is 0.291 e. The van der Waals surface area contributed by atoms with Crippen LogP contribution in [0, 0.1) is 6.92 Å². The number of carbonyl (C=O) groups is 4. The molecular weight excluding hydrogens is 1430 g/mol. The molecule has 27 nitrogen and oxygen atoms in total. The first-order valence-electron chi connectivity index (χ1n) is 34.0. The fourth-order valence-electron chi connectivity index (χ4n) is 11.7. The number of Topliss-reactive ketones (excluding diaryl/α,β-unsaturated/α-hetero) is 4. The molecule has 0 saturated heterocycles. The number of hydrogen-bond donors (Lipinski definition) is 5. The van der Waals surface area contributed by atoms with E-state index in [1.165, 1.54) is 52.7 Å². The summed E-state index contributed by atoms with van der Waals surface area (Å²) in [6, 6.07) is 53.8. The molecule has 107 heavy (non-hydrogen) atoms. The molecule has 14 rings (SSSR count). The van der Waals surface area contributed by atoms with E-state index in [2.05, 4.69) is 83.1 Å². The van der Waals surface area contributed by atoms with Gasteiger partial charge < -0.3 is 30.3 Å². The Morgan fingerprint density at radius 2 is 0.832 bits per heavy atom. The monoisotopic (exact) mass is 1500 g/mol. The van der Waals surface area contributed by atoms with Gasteiger partial charge in [0.1, 0.15) is 57.5 Å². The molecule has 14 aromatic rings. The molecule has 0 aliphatic heterocycles. The molecular formula is C79H72BrN17O10. The zero-order valence-corrected chi connectivity index (χ0v) is 61.2. The lowest BCUT2D eigenvalue weighted by Crippen LogP contribution is -2.28. The predicted octanol–water partition coefficient (Wildman–Crippen LogP) is 15.0. The first-order chi connectivity index (χ1) is 51.7. The van der Waals surface area contributed by atoms with Crippen LogP contribution in [0.5, 0.6) is 0 Å². The van der Waals surface area contributed by atoms with Crippen molar-refractivity contribution in [3.8, 4) is 45.0 Å². The molecule has 0 aliphatic rings. The van der Waals surface area contributed by atoms with Gasteiger partial charge in [-0.05, 0) is 86.6 Å². The number of carbonyl (C=O) groups excluding carboxylic acids is 4. The van der Waals surface area contributed by atoms with Gasteiger partial charge in [0.2, 0.25) is 0 Å². The van der Waals surface area contributed by atoms with Gasteiger partial charge in [-0.2, -0.15) is 25.5 Å². The Hall–Kier alpha value is -13.5. The van der Waals surface area contributed by atoms with Crippen LogP contribution in [0.25, 0.3) is 66.8 Å². The number of hydrogen-bond acceptors (Lipinski definition) is 22. The average Bonchev–Trinajstić information content (AvgIpc) is 1.20. The lowest BCUT2D eigenvalue weighted by Gasteiger charge is -2.17. The number of nitrogens with one attached hydrogen (secondary N) is 5. The molecule has 5 N–H and O–H groups in total. The van der Waals surface area contributed by atoms with E-state index < -0.39 is 0 Å². The highest BCUT2D eigenvalue weighted by Crippen LogP contribution is 2.35. The van der Waals surface area contributed by atoms with E-state index in [0.717, 1.165) is 43.0 Å². The first-order valence-corrected chi connectivity index (χ1v) is 34.7. The Morgan fingerprint density at radius 1 is 0.439 bits per heavy atom. The molecule has 0 saturated carbocycles. The van der Waals surface area contributed by atoms with E-state index >= 15 is 0 Å². The Morgan fingerprint density at radius 3 is 1.21 bits per heavy atom. The first kappa shape index (κ1) is 74.7. The number of aryl methyl sites for hydroxylation is 5. The number of aromatic amines is 1. The number of pyridine rings is 1. The number of ketones is 4. The van der Waals surface area contributed by atoms with E-state index in [1.54, 1.807) is 31.5 Å². The topological polar surface area (TPSA) is 350 Å². The number of halogens is 1. The van der Waals surface area contributed by atoms with Gasteiger partial charge in [-0.15, -0.1) is 0 Å². The van der Waals surface area contributed by atoms with E-state index in [1.807, 2.05) is 191 Å². The van der Waals surface area contributed by atoms with E-state index in [0.29, 0.717) is 83.2 Å². The standard InChI is InChI=1S/C23H19BrN4O2.C21H19N5O2.C18H18N4O3.C17H16N4O3/c1-3-28-23(30)22(19(14(2)29)21(27-28)15-8-5-4-6-9-15)26-18-13-17(24)12-16-10-7-11-25-20(16)18;1-3-26-21(28)20(23-16-11-7-10-15-12-22-24-18(15)16)17(13(2)27)19(25-26)14-8-5-4-6-9-14;1-4-22-18(24)17(19-14-10-11(2)25-21-14)15(12(3)23)16(20-22)13-8-6-5-7-9-13;1-3-21-17(23)16(18-13-9-10-24-20-13)14(11(2)22)15(19-21)12-7-5-4-6-8-12/h4-13,26H,3H2,1-2H3;4-12,23H,3H2,1-2H3,(H,22,24);5-10H,4H2,1-3H3,(H,19,21);4-10H,3H2,1-2H3,(H,18,20). The number of anilines is 8.